The van der Waals surface area contributed by atoms with E-state index in [1.54, 1.807) is 35.2 Å². The number of nitrogens with one attached hydrogen (secondary N) is 1. The minimum absolute atomic E-state index is 0.108. The highest BCUT2D eigenvalue weighted by molar-refractivity contribution is 9.10. The summed E-state index contributed by atoms with van der Waals surface area (Å²) in [5, 5.41) is 4.64. The van der Waals surface area contributed by atoms with Gasteiger partial charge >= 0.3 is 0 Å². The van der Waals surface area contributed by atoms with Crippen molar-refractivity contribution >= 4 is 51.2 Å². The molecule has 0 aliphatic carbocycles. The Morgan fingerprint density at radius 2 is 1.97 bits per heavy atom. The summed E-state index contributed by atoms with van der Waals surface area (Å²) in [7, 11) is 0. The standard InChI is InChI=1S/C22H23BrClN3O4/c1-3-30-19-10-14(9-18(23)21(19)31-4-2)12-25-26-22(29)15-11-20(28)27(13-15)17-7-5-16(24)6-8-17/h5-10,12,15H,3-4,11,13H2,1-2H3,(H,26,29)/b25-12-/t15-/m1/s1. The molecular formula is C22H23BrClN3O4. The van der Waals surface area contributed by atoms with Crippen LogP contribution in [0.5, 0.6) is 11.5 Å². The molecule has 3 rings (SSSR count). The first-order valence-corrected chi connectivity index (χ1v) is 11.1. The second-order valence-electron chi connectivity index (χ2n) is 6.81. The minimum Gasteiger partial charge on any atom is -0.490 e. The predicted molar refractivity (Wildman–Crippen MR) is 124 cm³/mol. The maximum Gasteiger partial charge on any atom is 0.245 e. The second kappa shape index (κ2) is 10.6. The molecular weight excluding hydrogens is 486 g/mol. The number of hydrogen-bond donors (Lipinski definition) is 1. The van der Waals surface area contributed by atoms with Gasteiger partial charge < -0.3 is 14.4 Å². The van der Waals surface area contributed by atoms with Crippen LogP contribution in [0.25, 0.3) is 0 Å². The number of hydrazone groups is 1. The van der Waals surface area contributed by atoms with Gasteiger partial charge in [-0.25, -0.2) is 5.43 Å². The number of anilines is 1. The van der Waals surface area contributed by atoms with Gasteiger partial charge in [-0.05, 0) is 71.7 Å². The van der Waals surface area contributed by atoms with Gasteiger partial charge in [0.05, 0.1) is 29.8 Å². The van der Waals surface area contributed by atoms with E-state index in [2.05, 4.69) is 26.5 Å². The van der Waals surface area contributed by atoms with E-state index in [-0.39, 0.29) is 18.2 Å². The van der Waals surface area contributed by atoms with Crippen molar-refractivity contribution in [2.24, 2.45) is 11.0 Å². The van der Waals surface area contributed by atoms with E-state index in [0.717, 1.165) is 15.7 Å². The number of carbonyl (C=O) groups is 2. The molecule has 1 N–H and O–H groups in total. The Labute approximate surface area is 194 Å². The number of amides is 2. The Morgan fingerprint density at radius 1 is 1.26 bits per heavy atom. The quantitative estimate of drug-likeness (QED) is 0.423. The van der Waals surface area contributed by atoms with Crippen LogP contribution in [-0.4, -0.2) is 37.8 Å². The highest BCUT2D eigenvalue weighted by atomic mass is 79.9. The molecule has 2 aromatic carbocycles. The van der Waals surface area contributed by atoms with Gasteiger partial charge in [0.2, 0.25) is 11.8 Å². The van der Waals surface area contributed by atoms with Gasteiger partial charge in [-0.2, -0.15) is 5.10 Å². The number of carbonyl (C=O) groups excluding carboxylic acids is 2. The summed E-state index contributed by atoms with van der Waals surface area (Å²) in [6, 6.07) is 10.6. The van der Waals surface area contributed by atoms with Crippen LogP contribution in [0.15, 0.2) is 46.0 Å². The molecule has 1 aliphatic heterocycles. The molecule has 1 atom stereocenters. The normalized spacial score (nSPS) is 16.1. The predicted octanol–water partition coefficient (Wildman–Crippen LogP) is 4.40. The number of benzene rings is 2. The maximum atomic E-state index is 12.5. The van der Waals surface area contributed by atoms with Gasteiger partial charge in [0.25, 0.3) is 0 Å². The molecule has 0 radical (unpaired) electrons. The van der Waals surface area contributed by atoms with Gasteiger partial charge in [-0.15, -0.1) is 0 Å². The molecule has 0 saturated carbocycles. The Hall–Kier alpha value is -2.58. The van der Waals surface area contributed by atoms with Crippen LogP contribution in [0.4, 0.5) is 5.69 Å². The third-order valence-corrected chi connectivity index (χ3v) is 5.48. The topological polar surface area (TPSA) is 80.2 Å². The van der Waals surface area contributed by atoms with Crippen molar-refractivity contribution < 1.29 is 19.1 Å². The monoisotopic (exact) mass is 507 g/mol. The van der Waals surface area contributed by atoms with Gasteiger partial charge in [0.15, 0.2) is 11.5 Å². The van der Waals surface area contributed by atoms with E-state index in [0.29, 0.717) is 36.3 Å². The Balaban J connectivity index is 1.64. The summed E-state index contributed by atoms with van der Waals surface area (Å²) in [5.74, 6) is 0.314. The maximum absolute atomic E-state index is 12.5. The van der Waals surface area contributed by atoms with E-state index in [9.17, 15) is 9.59 Å². The van der Waals surface area contributed by atoms with Gasteiger partial charge in [0, 0.05) is 23.7 Å². The van der Waals surface area contributed by atoms with Crippen LogP contribution in [0.2, 0.25) is 5.02 Å². The molecule has 164 valence electrons. The summed E-state index contributed by atoms with van der Waals surface area (Å²) in [5.41, 5.74) is 3.97. The molecule has 9 heteroatoms. The lowest BCUT2D eigenvalue weighted by atomic mass is 10.1. The highest BCUT2D eigenvalue weighted by Crippen LogP contribution is 2.36. The number of nitrogens with zero attached hydrogens (tertiary/aromatic N) is 2. The average Bonchev–Trinajstić information content (AvgIpc) is 3.13. The fourth-order valence-electron chi connectivity index (χ4n) is 3.23. The van der Waals surface area contributed by atoms with Crippen molar-refractivity contribution in [3.63, 3.8) is 0 Å². The van der Waals surface area contributed by atoms with E-state index >= 15 is 0 Å². The highest BCUT2D eigenvalue weighted by Gasteiger charge is 2.35. The molecule has 1 fully saturated rings. The fourth-order valence-corrected chi connectivity index (χ4v) is 3.93. The zero-order valence-electron chi connectivity index (χ0n) is 17.2. The van der Waals surface area contributed by atoms with Crippen LogP contribution >= 0.6 is 27.5 Å². The first kappa shape index (κ1) is 23.1. The van der Waals surface area contributed by atoms with Crippen molar-refractivity contribution in [2.45, 2.75) is 20.3 Å². The molecule has 0 bridgehead atoms. The van der Waals surface area contributed by atoms with Gasteiger partial charge in [-0.1, -0.05) is 11.6 Å². The number of ether oxygens (including phenoxy) is 2. The first-order chi connectivity index (χ1) is 14.9. The summed E-state index contributed by atoms with van der Waals surface area (Å²) < 4.78 is 12.0. The van der Waals surface area contributed by atoms with E-state index < -0.39 is 5.92 Å². The van der Waals surface area contributed by atoms with Gasteiger partial charge in [0.1, 0.15) is 0 Å². The summed E-state index contributed by atoms with van der Waals surface area (Å²) in [4.78, 5) is 26.4. The summed E-state index contributed by atoms with van der Waals surface area (Å²) in [6.07, 6.45) is 1.65. The van der Waals surface area contributed by atoms with Gasteiger partial charge in [-0.3, -0.25) is 9.59 Å². The molecule has 31 heavy (non-hydrogen) atoms. The van der Waals surface area contributed by atoms with Crippen LogP contribution in [0.1, 0.15) is 25.8 Å². The van der Waals surface area contributed by atoms with Crippen LogP contribution in [0, 0.1) is 5.92 Å². The Bertz CT molecular complexity index is 981. The van der Waals surface area contributed by atoms with Crippen molar-refractivity contribution in [2.75, 3.05) is 24.7 Å². The van der Waals surface area contributed by atoms with Crippen molar-refractivity contribution in [3.8, 4) is 11.5 Å². The molecule has 0 aromatic heterocycles. The third-order valence-electron chi connectivity index (χ3n) is 4.64. The largest absolute Gasteiger partial charge is 0.490 e. The third kappa shape index (κ3) is 5.77. The molecule has 0 spiro atoms. The zero-order valence-corrected chi connectivity index (χ0v) is 19.6. The number of halogens is 2. The number of rotatable bonds is 8. The summed E-state index contributed by atoms with van der Waals surface area (Å²) in [6.45, 7) is 5.08. The van der Waals surface area contributed by atoms with E-state index in [1.807, 2.05) is 19.9 Å². The molecule has 1 heterocycles. The van der Waals surface area contributed by atoms with E-state index in [1.165, 1.54) is 6.21 Å². The lowest BCUT2D eigenvalue weighted by Gasteiger charge is -2.16. The number of hydrogen-bond acceptors (Lipinski definition) is 5. The Morgan fingerprint density at radius 3 is 2.65 bits per heavy atom. The van der Waals surface area contributed by atoms with Crippen LogP contribution < -0.4 is 19.8 Å². The SMILES string of the molecule is CCOc1cc(/C=N\NC(=O)[C@@H]2CC(=O)N(c3ccc(Cl)cc3)C2)cc(Br)c1OCC. The molecule has 7 nitrogen and oxygen atoms in total. The van der Waals surface area contributed by atoms with Crippen LogP contribution in [0.3, 0.4) is 0 Å². The molecule has 2 amide bonds. The molecule has 0 unspecified atom stereocenters. The van der Waals surface area contributed by atoms with Crippen LogP contribution in [-0.2, 0) is 9.59 Å². The average molecular weight is 509 g/mol. The van der Waals surface area contributed by atoms with Crippen molar-refractivity contribution in [1.29, 1.82) is 0 Å². The summed E-state index contributed by atoms with van der Waals surface area (Å²) >= 11 is 9.38. The van der Waals surface area contributed by atoms with E-state index in [4.69, 9.17) is 21.1 Å². The lowest BCUT2D eigenvalue weighted by Crippen LogP contribution is -2.30. The van der Waals surface area contributed by atoms with Crippen molar-refractivity contribution in [1.82, 2.24) is 5.43 Å². The molecule has 1 aliphatic rings. The smallest absolute Gasteiger partial charge is 0.245 e. The Kier molecular flexibility index (Phi) is 7.92. The second-order valence-corrected chi connectivity index (χ2v) is 8.10. The molecule has 2 aromatic rings. The zero-order chi connectivity index (χ0) is 22.4. The minimum atomic E-state index is -0.480. The lowest BCUT2D eigenvalue weighted by molar-refractivity contribution is -0.126. The molecule has 1 saturated heterocycles. The van der Waals surface area contributed by atoms with Crippen molar-refractivity contribution in [3.05, 3.63) is 51.5 Å². The fraction of sp³-hybridized carbons (Fsp3) is 0.318. The first-order valence-electron chi connectivity index (χ1n) is 9.90.